The van der Waals surface area contributed by atoms with Crippen molar-refractivity contribution >= 4 is 9.84 Å². The van der Waals surface area contributed by atoms with Gasteiger partial charge in [0.05, 0.1) is 12.3 Å². The minimum atomic E-state index is -2.90. The molecule has 1 aromatic rings. The van der Waals surface area contributed by atoms with Crippen LogP contribution < -0.4 is 5.32 Å². The third-order valence-electron chi connectivity index (χ3n) is 2.63. The van der Waals surface area contributed by atoms with Gasteiger partial charge in [0.1, 0.15) is 15.7 Å². The van der Waals surface area contributed by atoms with Gasteiger partial charge in [0, 0.05) is 31.2 Å². The first-order valence-electron chi connectivity index (χ1n) is 5.46. The van der Waals surface area contributed by atoms with Crippen LogP contribution in [-0.4, -0.2) is 36.0 Å². The van der Waals surface area contributed by atoms with Crippen LogP contribution >= 0.6 is 0 Å². The lowest BCUT2D eigenvalue weighted by Crippen LogP contribution is -2.20. The molecule has 0 aromatic carbocycles. The molecule has 2 rings (SSSR count). The highest BCUT2D eigenvalue weighted by molar-refractivity contribution is 7.90. The third-order valence-corrected chi connectivity index (χ3v) is 3.56. The van der Waals surface area contributed by atoms with Gasteiger partial charge < -0.3 is 9.88 Å². The molecule has 0 aliphatic heterocycles. The van der Waals surface area contributed by atoms with E-state index in [0.29, 0.717) is 12.6 Å². The van der Waals surface area contributed by atoms with E-state index in [0.717, 1.165) is 12.4 Å². The van der Waals surface area contributed by atoms with Gasteiger partial charge in [0.2, 0.25) is 0 Å². The maximum absolute atomic E-state index is 11.1. The van der Waals surface area contributed by atoms with Crippen LogP contribution in [-0.2, 0) is 22.9 Å². The second kappa shape index (κ2) is 4.55. The van der Waals surface area contributed by atoms with E-state index in [1.165, 1.54) is 19.1 Å². The van der Waals surface area contributed by atoms with E-state index in [1.807, 2.05) is 10.8 Å². The van der Waals surface area contributed by atoms with Crippen molar-refractivity contribution in [3.8, 4) is 0 Å². The summed E-state index contributed by atoms with van der Waals surface area (Å²) in [6.07, 6.45) is 7.28. The predicted molar refractivity (Wildman–Crippen MR) is 61.8 cm³/mol. The number of nitrogens with zero attached hydrogens (tertiary/aromatic N) is 2. The Labute approximate surface area is 95.8 Å². The molecule has 1 saturated carbocycles. The number of nitrogens with one attached hydrogen (secondary N) is 1. The molecule has 0 spiro atoms. The molecule has 0 saturated heterocycles. The fourth-order valence-corrected chi connectivity index (χ4v) is 2.03. The number of hydrogen-bond acceptors (Lipinski definition) is 4. The Morgan fingerprint density at radius 3 is 2.94 bits per heavy atom. The molecular weight excluding hydrogens is 226 g/mol. The molecule has 16 heavy (non-hydrogen) atoms. The van der Waals surface area contributed by atoms with Crippen molar-refractivity contribution in [1.82, 2.24) is 14.9 Å². The monoisotopic (exact) mass is 243 g/mol. The maximum Gasteiger partial charge on any atom is 0.149 e. The van der Waals surface area contributed by atoms with Crippen molar-refractivity contribution in [2.45, 2.75) is 32.0 Å². The second-order valence-electron chi connectivity index (χ2n) is 4.32. The number of aryl methyl sites for hydroxylation is 1. The molecule has 1 heterocycles. The van der Waals surface area contributed by atoms with E-state index in [-0.39, 0.29) is 5.75 Å². The summed E-state index contributed by atoms with van der Waals surface area (Å²) in [6, 6.07) is 0.639. The van der Waals surface area contributed by atoms with Crippen molar-refractivity contribution < 1.29 is 8.42 Å². The van der Waals surface area contributed by atoms with E-state index in [9.17, 15) is 8.42 Å². The van der Waals surface area contributed by atoms with E-state index < -0.39 is 9.84 Å². The lowest BCUT2D eigenvalue weighted by molar-refractivity contribution is 0.583. The molecule has 0 amide bonds. The highest BCUT2D eigenvalue weighted by Gasteiger charge is 2.20. The Morgan fingerprint density at radius 1 is 1.56 bits per heavy atom. The van der Waals surface area contributed by atoms with Gasteiger partial charge in [-0.2, -0.15) is 0 Å². The Kier molecular flexibility index (Phi) is 3.30. The average molecular weight is 243 g/mol. The van der Waals surface area contributed by atoms with Crippen molar-refractivity contribution in [2.75, 3.05) is 12.0 Å². The van der Waals surface area contributed by atoms with Crippen LogP contribution in [0.15, 0.2) is 12.4 Å². The first-order valence-corrected chi connectivity index (χ1v) is 7.52. The maximum atomic E-state index is 11.1. The summed E-state index contributed by atoms with van der Waals surface area (Å²) < 4.78 is 24.0. The molecular formula is C10H17N3O2S. The standard InChI is InChI=1S/C10H17N3O2S/c1-16(14,15)7-6-13-5-4-11-10(13)8-12-9-2-3-9/h4-5,9,12H,2-3,6-8H2,1H3. The number of imidazole rings is 1. The van der Waals surface area contributed by atoms with Crippen molar-refractivity contribution in [1.29, 1.82) is 0 Å². The Morgan fingerprint density at radius 2 is 2.31 bits per heavy atom. The fourth-order valence-electron chi connectivity index (χ4n) is 1.50. The third kappa shape index (κ3) is 3.61. The number of hydrogen-bond donors (Lipinski definition) is 1. The summed E-state index contributed by atoms with van der Waals surface area (Å²) in [4.78, 5) is 4.22. The summed E-state index contributed by atoms with van der Waals surface area (Å²) in [5.74, 6) is 1.08. The molecule has 1 N–H and O–H groups in total. The highest BCUT2D eigenvalue weighted by Crippen LogP contribution is 2.19. The van der Waals surface area contributed by atoms with Gasteiger partial charge in [-0.25, -0.2) is 13.4 Å². The van der Waals surface area contributed by atoms with Crippen LogP contribution in [0.4, 0.5) is 0 Å². The lowest BCUT2D eigenvalue weighted by Gasteiger charge is -2.07. The second-order valence-corrected chi connectivity index (χ2v) is 6.58. The zero-order valence-corrected chi connectivity index (χ0v) is 10.2. The van der Waals surface area contributed by atoms with Gasteiger partial charge in [-0.3, -0.25) is 0 Å². The molecule has 5 nitrogen and oxygen atoms in total. The summed E-state index contributed by atoms with van der Waals surface area (Å²) in [5.41, 5.74) is 0. The Balaban J connectivity index is 1.89. The summed E-state index contributed by atoms with van der Waals surface area (Å²) >= 11 is 0. The van der Waals surface area contributed by atoms with Crippen LogP contribution in [0.1, 0.15) is 18.7 Å². The Hall–Kier alpha value is -0.880. The van der Waals surface area contributed by atoms with Gasteiger partial charge in [-0.15, -0.1) is 0 Å². The topological polar surface area (TPSA) is 64.0 Å². The number of rotatable bonds is 6. The van der Waals surface area contributed by atoms with Crippen molar-refractivity contribution in [3.05, 3.63) is 18.2 Å². The lowest BCUT2D eigenvalue weighted by atomic mass is 10.5. The molecule has 6 heteroatoms. The van der Waals surface area contributed by atoms with Gasteiger partial charge in [0.15, 0.2) is 0 Å². The van der Waals surface area contributed by atoms with Crippen molar-refractivity contribution in [2.24, 2.45) is 0 Å². The predicted octanol–water partition coefficient (Wildman–Crippen LogP) is 0.180. The normalized spacial score (nSPS) is 16.6. The Bertz CT molecular complexity index is 448. The largest absolute Gasteiger partial charge is 0.333 e. The summed E-state index contributed by atoms with van der Waals surface area (Å²) in [7, 11) is -2.90. The molecule has 0 bridgehead atoms. The molecule has 0 radical (unpaired) electrons. The zero-order chi connectivity index (χ0) is 11.6. The smallest absolute Gasteiger partial charge is 0.149 e. The molecule has 90 valence electrons. The zero-order valence-electron chi connectivity index (χ0n) is 9.39. The quantitative estimate of drug-likeness (QED) is 0.774. The highest BCUT2D eigenvalue weighted by atomic mass is 32.2. The average Bonchev–Trinajstić information content (AvgIpc) is 2.90. The molecule has 1 aliphatic rings. The number of sulfone groups is 1. The van der Waals surface area contributed by atoms with Crippen LogP contribution in [0.25, 0.3) is 0 Å². The SMILES string of the molecule is CS(=O)(=O)CCn1ccnc1CNC1CC1. The van der Waals surface area contributed by atoms with Crippen LogP contribution in [0.2, 0.25) is 0 Å². The van der Waals surface area contributed by atoms with Crippen LogP contribution in [0.5, 0.6) is 0 Å². The molecule has 0 atom stereocenters. The van der Waals surface area contributed by atoms with Gasteiger partial charge in [-0.05, 0) is 12.8 Å². The van der Waals surface area contributed by atoms with Crippen molar-refractivity contribution in [3.63, 3.8) is 0 Å². The molecule has 1 fully saturated rings. The van der Waals surface area contributed by atoms with E-state index >= 15 is 0 Å². The molecule has 1 aromatic heterocycles. The molecule has 0 unspecified atom stereocenters. The van der Waals surface area contributed by atoms with E-state index in [2.05, 4.69) is 10.3 Å². The fraction of sp³-hybridized carbons (Fsp3) is 0.700. The molecule has 1 aliphatic carbocycles. The summed E-state index contributed by atoms with van der Waals surface area (Å²) in [6.45, 7) is 1.21. The number of aromatic nitrogens is 2. The van der Waals surface area contributed by atoms with E-state index in [1.54, 1.807) is 6.20 Å². The van der Waals surface area contributed by atoms with Crippen LogP contribution in [0, 0.1) is 0 Å². The van der Waals surface area contributed by atoms with E-state index in [4.69, 9.17) is 0 Å². The minimum absolute atomic E-state index is 0.166. The first-order chi connectivity index (χ1) is 7.54. The van der Waals surface area contributed by atoms with Crippen LogP contribution in [0.3, 0.4) is 0 Å². The minimum Gasteiger partial charge on any atom is -0.333 e. The van der Waals surface area contributed by atoms with Gasteiger partial charge in [0.25, 0.3) is 0 Å². The summed E-state index contributed by atoms with van der Waals surface area (Å²) in [5, 5.41) is 3.36. The van der Waals surface area contributed by atoms with Gasteiger partial charge >= 0.3 is 0 Å². The van der Waals surface area contributed by atoms with Gasteiger partial charge in [-0.1, -0.05) is 0 Å². The first kappa shape index (κ1) is 11.6.